The standard InChI is InChI=1S/C9H7FN2S.C2H6/c1-6-5-12-9(13-6)8-4-7(10)2-3-11-8;1-2/h2-5H,1H3;1-2H3. The minimum absolute atomic E-state index is 0.280. The van der Waals surface area contributed by atoms with Crippen molar-refractivity contribution < 1.29 is 4.39 Å². The first-order valence-electron chi connectivity index (χ1n) is 4.80. The molecule has 0 bridgehead atoms. The van der Waals surface area contributed by atoms with Crippen molar-refractivity contribution in [1.29, 1.82) is 0 Å². The largest absolute Gasteiger partial charge is 0.254 e. The molecule has 2 rings (SSSR count). The highest BCUT2D eigenvalue weighted by Crippen LogP contribution is 2.22. The Morgan fingerprint density at radius 1 is 1.27 bits per heavy atom. The van der Waals surface area contributed by atoms with Gasteiger partial charge in [-0.1, -0.05) is 13.8 Å². The number of thiazole rings is 1. The summed E-state index contributed by atoms with van der Waals surface area (Å²) in [6, 6.07) is 2.71. The summed E-state index contributed by atoms with van der Waals surface area (Å²) in [4.78, 5) is 9.25. The van der Waals surface area contributed by atoms with E-state index in [2.05, 4.69) is 9.97 Å². The molecule has 0 aliphatic rings. The summed E-state index contributed by atoms with van der Waals surface area (Å²) in [5.41, 5.74) is 0.595. The maximum atomic E-state index is 12.8. The molecule has 0 atom stereocenters. The second kappa shape index (κ2) is 5.56. The molecule has 0 amide bonds. The Hall–Kier alpha value is -1.29. The molecule has 80 valence electrons. The molecule has 2 aromatic heterocycles. The highest BCUT2D eigenvalue weighted by molar-refractivity contribution is 7.14. The molecule has 0 aliphatic carbocycles. The lowest BCUT2D eigenvalue weighted by Crippen LogP contribution is -1.82. The summed E-state index contributed by atoms with van der Waals surface area (Å²) in [6.07, 6.45) is 3.20. The van der Waals surface area contributed by atoms with E-state index in [9.17, 15) is 4.39 Å². The summed E-state index contributed by atoms with van der Waals surface area (Å²) in [5, 5.41) is 0.761. The molecule has 0 fully saturated rings. The number of aromatic nitrogens is 2. The van der Waals surface area contributed by atoms with E-state index in [-0.39, 0.29) is 5.82 Å². The van der Waals surface area contributed by atoms with Crippen LogP contribution in [0.25, 0.3) is 10.7 Å². The van der Waals surface area contributed by atoms with E-state index in [0.29, 0.717) is 5.69 Å². The van der Waals surface area contributed by atoms with Crippen molar-refractivity contribution in [3.8, 4) is 10.7 Å². The van der Waals surface area contributed by atoms with Crippen LogP contribution in [-0.2, 0) is 0 Å². The molecule has 0 saturated heterocycles. The Bertz CT molecular complexity index is 426. The summed E-state index contributed by atoms with van der Waals surface area (Å²) < 4.78 is 12.8. The van der Waals surface area contributed by atoms with Gasteiger partial charge in [0.15, 0.2) is 0 Å². The Morgan fingerprint density at radius 2 is 2.00 bits per heavy atom. The second-order valence-corrected chi connectivity index (χ2v) is 3.87. The van der Waals surface area contributed by atoms with Crippen LogP contribution in [0.5, 0.6) is 0 Å². The number of pyridine rings is 1. The number of rotatable bonds is 1. The lowest BCUT2D eigenvalue weighted by atomic mass is 10.3. The first-order chi connectivity index (χ1) is 7.25. The van der Waals surface area contributed by atoms with Gasteiger partial charge < -0.3 is 0 Å². The van der Waals surface area contributed by atoms with Gasteiger partial charge in [0.25, 0.3) is 0 Å². The fourth-order valence-electron chi connectivity index (χ4n) is 0.995. The molecule has 0 saturated carbocycles. The minimum atomic E-state index is -0.280. The predicted molar refractivity (Wildman–Crippen MR) is 61.4 cm³/mol. The summed E-state index contributed by atoms with van der Waals surface area (Å²) in [5.74, 6) is -0.280. The summed E-state index contributed by atoms with van der Waals surface area (Å²) in [6.45, 7) is 5.96. The third kappa shape index (κ3) is 3.09. The van der Waals surface area contributed by atoms with Crippen molar-refractivity contribution in [3.05, 3.63) is 35.2 Å². The average Bonchev–Trinajstić information content (AvgIpc) is 2.68. The predicted octanol–water partition coefficient (Wildman–Crippen LogP) is 3.68. The second-order valence-electron chi connectivity index (χ2n) is 2.64. The van der Waals surface area contributed by atoms with Crippen LogP contribution in [0.15, 0.2) is 24.5 Å². The smallest absolute Gasteiger partial charge is 0.142 e. The van der Waals surface area contributed by atoms with Crippen molar-refractivity contribution in [2.75, 3.05) is 0 Å². The summed E-state index contributed by atoms with van der Waals surface area (Å²) in [7, 11) is 0. The first-order valence-corrected chi connectivity index (χ1v) is 5.62. The van der Waals surface area contributed by atoms with E-state index in [1.165, 1.54) is 29.7 Å². The first kappa shape index (κ1) is 11.8. The van der Waals surface area contributed by atoms with Gasteiger partial charge in [-0.15, -0.1) is 11.3 Å². The maximum absolute atomic E-state index is 12.8. The minimum Gasteiger partial charge on any atom is -0.254 e. The SMILES string of the molecule is CC.Cc1cnc(-c2cc(F)ccn2)s1. The van der Waals surface area contributed by atoms with Crippen LogP contribution >= 0.6 is 11.3 Å². The Morgan fingerprint density at radius 3 is 2.53 bits per heavy atom. The molecule has 0 aliphatic heterocycles. The zero-order valence-electron chi connectivity index (χ0n) is 8.99. The van der Waals surface area contributed by atoms with Gasteiger partial charge in [-0.05, 0) is 13.0 Å². The highest BCUT2D eigenvalue weighted by atomic mass is 32.1. The quantitative estimate of drug-likeness (QED) is 0.738. The van der Waals surface area contributed by atoms with Gasteiger partial charge in [0.2, 0.25) is 0 Å². The molecular weight excluding hydrogens is 211 g/mol. The molecule has 0 aromatic carbocycles. The van der Waals surface area contributed by atoms with Gasteiger partial charge in [-0.25, -0.2) is 9.37 Å². The van der Waals surface area contributed by atoms with Crippen molar-refractivity contribution in [1.82, 2.24) is 9.97 Å². The number of aryl methyl sites for hydroxylation is 1. The fraction of sp³-hybridized carbons (Fsp3) is 0.273. The van der Waals surface area contributed by atoms with E-state index < -0.39 is 0 Å². The van der Waals surface area contributed by atoms with Gasteiger partial charge in [0.1, 0.15) is 16.5 Å². The molecular formula is C11H13FN2S. The van der Waals surface area contributed by atoms with E-state index in [4.69, 9.17) is 0 Å². The van der Waals surface area contributed by atoms with Crippen molar-refractivity contribution in [3.63, 3.8) is 0 Å². The van der Waals surface area contributed by atoms with Crippen LogP contribution in [0.3, 0.4) is 0 Å². The average molecular weight is 224 g/mol. The highest BCUT2D eigenvalue weighted by Gasteiger charge is 2.04. The van der Waals surface area contributed by atoms with E-state index in [1.807, 2.05) is 20.8 Å². The topological polar surface area (TPSA) is 25.8 Å². The van der Waals surface area contributed by atoms with Gasteiger partial charge >= 0.3 is 0 Å². The summed E-state index contributed by atoms with van der Waals surface area (Å²) >= 11 is 1.51. The van der Waals surface area contributed by atoms with Crippen LogP contribution in [0.1, 0.15) is 18.7 Å². The fourth-order valence-corrected chi connectivity index (χ4v) is 1.73. The van der Waals surface area contributed by atoms with E-state index in [1.54, 1.807) is 6.20 Å². The van der Waals surface area contributed by atoms with Crippen LogP contribution in [-0.4, -0.2) is 9.97 Å². The zero-order valence-corrected chi connectivity index (χ0v) is 9.81. The van der Waals surface area contributed by atoms with E-state index >= 15 is 0 Å². The van der Waals surface area contributed by atoms with Gasteiger partial charge in [0, 0.05) is 23.3 Å². The molecule has 0 unspecified atom stereocenters. The van der Waals surface area contributed by atoms with Crippen LogP contribution in [0, 0.1) is 12.7 Å². The van der Waals surface area contributed by atoms with E-state index in [0.717, 1.165) is 9.88 Å². The van der Waals surface area contributed by atoms with Gasteiger partial charge in [0.05, 0.1) is 0 Å². The van der Waals surface area contributed by atoms with Crippen LogP contribution < -0.4 is 0 Å². The lowest BCUT2D eigenvalue weighted by Gasteiger charge is -1.93. The Kier molecular flexibility index (Phi) is 4.37. The normalized spacial score (nSPS) is 9.33. The monoisotopic (exact) mass is 224 g/mol. The molecule has 15 heavy (non-hydrogen) atoms. The zero-order chi connectivity index (χ0) is 11.3. The molecule has 0 radical (unpaired) electrons. The number of halogens is 1. The molecule has 2 heterocycles. The van der Waals surface area contributed by atoms with Gasteiger partial charge in [-0.2, -0.15) is 0 Å². The number of hydrogen-bond acceptors (Lipinski definition) is 3. The maximum Gasteiger partial charge on any atom is 0.142 e. The van der Waals surface area contributed by atoms with Crippen molar-refractivity contribution in [2.24, 2.45) is 0 Å². The third-order valence-corrected chi connectivity index (χ3v) is 2.50. The number of nitrogens with zero attached hydrogens (tertiary/aromatic N) is 2. The molecule has 2 aromatic rings. The lowest BCUT2D eigenvalue weighted by molar-refractivity contribution is 0.626. The van der Waals surface area contributed by atoms with Crippen molar-refractivity contribution >= 4 is 11.3 Å². The van der Waals surface area contributed by atoms with Crippen LogP contribution in [0.2, 0.25) is 0 Å². The van der Waals surface area contributed by atoms with Gasteiger partial charge in [-0.3, -0.25) is 4.98 Å². The molecule has 4 heteroatoms. The Balaban J connectivity index is 0.000000531. The van der Waals surface area contributed by atoms with Crippen LogP contribution in [0.4, 0.5) is 4.39 Å². The third-order valence-electron chi connectivity index (χ3n) is 1.56. The van der Waals surface area contributed by atoms with Crippen molar-refractivity contribution in [2.45, 2.75) is 20.8 Å². The Labute approximate surface area is 92.8 Å². The molecule has 2 nitrogen and oxygen atoms in total. The molecule has 0 spiro atoms. The molecule has 0 N–H and O–H groups in total. The number of hydrogen-bond donors (Lipinski definition) is 0.